The lowest BCUT2D eigenvalue weighted by Gasteiger charge is -2.21. The van der Waals surface area contributed by atoms with Gasteiger partial charge >= 0.3 is 0 Å². The van der Waals surface area contributed by atoms with Crippen LogP contribution < -0.4 is 0 Å². The molecular weight excluding hydrogens is 260 g/mol. The molecule has 0 bridgehead atoms. The third-order valence-corrected chi connectivity index (χ3v) is 5.11. The molecule has 0 aliphatic heterocycles. The van der Waals surface area contributed by atoms with Gasteiger partial charge in [-0.25, -0.2) is 0 Å². The second-order valence-electron chi connectivity index (χ2n) is 4.93. The van der Waals surface area contributed by atoms with Crippen LogP contribution >= 0.6 is 22.9 Å². The normalized spacial score (nSPS) is 13.3. The fourth-order valence-corrected chi connectivity index (χ4v) is 4.15. The van der Waals surface area contributed by atoms with Crippen molar-refractivity contribution in [3.63, 3.8) is 0 Å². The first-order valence-corrected chi connectivity index (χ1v) is 8.19. The van der Waals surface area contributed by atoms with Crippen LogP contribution in [0.2, 0.25) is 0 Å². The van der Waals surface area contributed by atoms with E-state index in [9.17, 15) is 0 Å². The summed E-state index contributed by atoms with van der Waals surface area (Å²) < 4.78 is 1.35. The second-order valence-corrected chi connectivity index (χ2v) is 6.31. The van der Waals surface area contributed by atoms with E-state index in [1.807, 2.05) is 11.3 Å². The summed E-state index contributed by atoms with van der Waals surface area (Å²) in [6, 6.07) is 8.59. The van der Waals surface area contributed by atoms with Crippen LogP contribution in [-0.4, -0.2) is 0 Å². The van der Waals surface area contributed by atoms with Crippen molar-refractivity contribution in [3.8, 4) is 0 Å². The SMILES string of the molecule is CCCC(CCC)C(Cl)c1csc2ccccc12. The molecule has 0 fully saturated rings. The Morgan fingerprint density at radius 3 is 2.44 bits per heavy atom. The van der Waals surface area contributed by atoms with Gasteiger partial charge < -0.3 is 0 Å². The monoisotopic (exact) mass is 280 g/mol. The van der Waals surface area contributed by atoms with E-state index in [4.69, 9.17) is 11.6 Å². The molecule has 0 N–H and O–H groups in total. The van der Waals surface area contributed by atoms with Crippen molar-refractivity contribution >= 4 is 33.0 Å². The minimum Gasteiger partial charge on any atom is -0.143 e. The maximum absolute atomic E-state index is 6.76. The van der Waals surface area contributed by atoms with Crippen LogP contribution in [0.4, 0.5) is 0 Å². The lowest BCUT2D eigenvalue weighted by molar-refractivity contribution is 0.428. The molecule has 0 saturated heterocycles. The number of halogens is 1. The standard InChI is InChI=1S/C16H21ClS/c1-3-7-12(8-4-2)16(17)14-11-18-15-10-6-5-9-13(14)15/h5-6,9-12,16H,3-4,7-8H2,1-2H3. The number of hydrogen-bond donors (Lipinski definition) is 0. The van der Waals surface area contributed by atoms with Gasteiger partial charge in [-0.15, -0.1) is 22.9 Å². The van der Waals surface area contributed by atoms with Gasteiger partial charge in [0.15, 0.2) is 0 Å². The molecule has 0 aliphatic carbocycles. The van der Waals surface area contributed by atoms with Crippen molar-refractivity contribution in [2.75, 3.05) is 0 Å². The summed E-state index contributed by atoms with van der Waals surface area (Å²) in [5.41, 5.74) is 1.34. The van der Waals surface area contributed by atoms with Crippen LogP contribution in [0, 0.1) is 5.92 Å². The molecule has 1 aromatic heterocycles. The van der Waals surface area contributed by atoms with Crippen LogP contribution in [0.15, 0.2) is 29.6 Å². The Bertz CT molecular complexity index is 483. The summed E-state index contributed by atoms with van der Waals surface area (Å²) in [6.07, 6.45) is 4.89. The molecule has 98 valence electrons. The highest BCUT2D eigenvalue weighted by Crippen LogP contribution is 2.40. The molecule has 2 heteroatoms. The van der Waals surface area contributed by atoms with Gasteiger partial charge in [-0.2, -0.15) is 0 Å². The zero-order chi connectivity index (χ0) is 13.0. The highest BCUT2D eigenvalue weighted by atomic mass is 35.5. The van der Waals surface area contributed by atoms with Crippen LogP contribution in [0.25, 0.3) is 10.1 Å². The molecule has 0 saturated carbocycles. The van der Waals surface area contributed by atoms with Gasteiger partial charge in [0.2, 0.25) is 0 Å². The quantitative estimate of drug-likeness (QED) is 0.537. The van der Waals surface area contributed by atoms with E-state index in [0.29, 0.717) is 5.92 Å². The van der Waals surface area contributed by atoms with Crippen LogP contribution in [0.1, 0.15) is 50.5 Å². The topological polar surface area (TPSA) is 0 Å². The minimum absolute atomic E-state index is 0.168. The Labute approximate surface area is 119 Å². The molecule has 0 spiro atoms. The molecule has 1 heterocycles. The third-order valence-electron chi connectivity index (χ3n) is 3.54. The molecule has 0 radical (unpaired) electrons. The Kier molecular flexibility index (Phi) is 5.08. The molecule has 1 aromatic carbocycles. The number of fused-ring (bicyclic) bond motifs is 1. The van der Waals surface area contributed by atoms with Gasteiger partial charge in [0.05, 0.1) is 5.38 Å². The van der Waals surface area contributed by atoms with Crippen molar-refractivity contribution in [1.82, 2.24) is 0 Å². The van der Waals surface area contributed by atoms with Gasteiger partial charge in [0, 0.05) is 4.70 Å². The van der Waals surface area contributed by atoms with Crippen molar-refractivity contribution < 1.29 is 0 Å². The number of rotatable bonds is 6. The number of benzene rings is 1. The van der Waals surface area contributed by atoms with Crippen LogP contribution in [0.5, 0.6) is 0 Å². The largest absolute Gasteiger partial charge is 0.143 e. The zero-order valence-corrected chi connectivity index (χ0v) is 12.7. The average Bonchev–Trinajstić information content (AvgIpc) is 2.81. The molecule has 18 heavy (non-hydrogen) atoms. The first kappa shape index (κ1) is 13.9. The van der Waals surface area contributed by atoms with Gasteiger partial charge in [-0.3, -0.25) is 0 Å². The van der Waals surface area contributed by atoms with Crippen molar-refractivity contribution in [2.45, 2.75) is 44.9 Å². The first-order chi connectivity index (χ1) is 8.77. The van der Waals surface area contributed by atoms with Crippen molar-refractivity contribution in [3.05, 3.63) is 35.2 Å². The van der Waals surface area contributed by atoms with E-state index in [2.05, 4.69) is 43.5 Å². The van der Waals surface area contributed by atoms with Crippen molar-refractivity contribution in [1.29, 1.82) is 0 Å². The summed E-state index contributed by atoms with van der Waals surface area (Å²) in [6.45, 7) is 4.50. The van der Waals surface area contributed by atoms with E-state index in [1.54, 1.807) is 0 Å². The predicted molar refractivity (Wildman–Crippen MR) is 83.7 cm³/mol. The lowest BCUT2D eigenvalue weighted by atomic mass is 9.90. The predicted octanol–water partition coefficient (Wildman–Crippen LogP) is 6.40. The number of hydrogen-bond acceptors (Lipinski definition) is 1. The lowest BCUT2D eigenvalue weighted by Crippen LogP contribution is -2.07. The number of thiophene rings is 1. The van der Waals surface area contributed by atoms with Gasteiger partial charge in [-0.05, 0) is 41.2 Å². The maximum Gasteiger partial charge on any atom is 0.0627 e. The van der Waals surface area contributed by atoms with Gasteiger partial charge in [-0.1, -0.05) is 44.9 Å². The summed E-state index contributed by atoms with van der Waals surface area (Å²) >= 11 is 8.57. The Balaban J connectivity index is 2.28. The fraction of sp³-hybridized carbons (Fsp3) is 0.500. The Morgan fingerprint density at radius 2 is 1.78 bits per heavy atom. The molecule has 2 aromatic rings. The molecule has 1 unspecified atom stereocenters. The summed E-state index contributed by atoms with van der Waals surface area (Å²) in [5.74, 6) is 0.611. The van der Waals surface area contributed by atoms with Crippen LogP contribution in [-0.2, 0) is 0 Å². The first-order valence-electron chi connectivity index (χ1n) is 6.88. The van der Waals surface area contributed by atoms with E-state index >= 15 is 0 Å². The highest BCUT2D eigenvalue weighted by Gasteiger charge is 2.22. The second kappa shape index (κ2) is 6.58. The molecule has 0 amide bonds. The average molecular weight is 281 g/mol. The third kappa shape index (κ3) is 2.89. The zero-order valence-electron chi connectivity index (χ0n) is 11.2. The van der Waals surface area contributed by atoms with Crippen LogP contribution in [0.3, 0.4) is 0 Å². The maximum atomic E-state index is 6.76. The molecule has 2 rings (SSSR count). The van der Waals surface area contributed by atoms with E-state index in [1.165, 1.54) is 41.3 Å². The van der Waals surface area contributed by atoms with Gasteiger partial charge in [0.25, 0.3) is 0 Å². The number of alkyl halides is 1. The minimum atomic E-state index is 0.168. The molecule has 0 nitrogen and oxygen atoms in total. The Morgan fingerprint density at radius 1 is 1.11 bits per heavy atom. The van der Waals surface area contributed by atoms with Crippen molar-refractivity contribution in [2.24, 2.45) is 5.92 Å². The summed E-state index contributed by atoms with van der Waals surface area (Å²) in [7, 11) is 0. The van der Waals surface area contributed by atoms with E-state index in [-0.39, 0.29) is 5.38 Å². The molecule has 0 aliphatic rings. The van der Waals surface area contributed by atoms with E-state index < -0.39 is 0 Å². The summed E-state index contributed by atoms with van der Waals surface area (Å²) in [5, 5.41) is 3.77. The summed E-state index contributed by atoms with van der Waals surface area (Å²) in [4.78, 5) is 0. The fourth-order valence-electron chi connectivity index (χ4n) is 2.64. The molecular formula is C16H21ClS. The molecule has 1 atom stereocenters. The van der Waals surface area contributed by atoms with Gasteiger partial charge in [0.1, 0.15) is 0 Å². The van der Waals surface area contributed by atoms with E-state index in [0.717, 1.165) is 0 Å². The Hall–Kier alpha value is -0.530. The highest BCUT2D eigenvalue weighted by molar-refractivity contribution is 7.17. The smallest absolute Gasteiger partial charge is 0.0627 e.